The highest BCUT2D eigenvalue weighted by Crippen LogP contribution is 2.26. The normalized spacial score (nSPS) is 13.1. The van der Waals surface area contributed by atoms with Gasteiger partial charge in [0, 0.05) is 23.5 Å². The van der Waals surface area contributed by atoms with Gasteiger partial charge < -0.3 is 15.4 Å². The van der Waals surface area contributed by atoms with Crippen molar-refractivity contribution in [3.8, 4) is 0 Å². The number of carbonyl (C=O) groups excluding carboxylic acids is 4. The van der Waals surface area contributed by atoms with Crippen LogP contribution in [0.3, 0.4) is 0 Å². The summed E-state index contributed by atoms with van der Waals surface area (Å²) in [5.41, 5.74) is 2.54. The SMILES string of the molecule is COC(=O)c1ccc(NC(=O)c2cccc(NC3=C(Cl)C(=O)N(CCc4ccccc4)C3=O)c2)cc1. The van der Waals surface area contributed by atoms with Gasteiger partial charge in [-0.25, -0.2) is 4.79 Å². The Balaban J connectivity index is 1.42. The zero-order valence-corrected chi connectivity index (χ0v) is 20.0. The molecule has 9 heteroatoms. The van der Waals surface area contributed by atoms with E-state index in [9.17, 15) is 19.2 Å². The molecule has 0 saturated carbocycles. The van der Waals surface area contributed by atoms with E-state index in [1.165, 1.54) is 7.11 Å². The number of rotatable bonds is 8. The number of benzene rings is 3. The van der Waals surface area contributed by atoms with Gasteiger partial charge in [-0.05, 0) is 54.4 Å². The molecule has 0 aliphatic carbocycles. The summed E-state index contributed by atoms with van der Waals surface area (Å²) in [5, 5.41) is 5.43. The number of carbonyl (C=O) groups is 4. The van der Waals surface area contributed by atoms with Crippen LogP contribution in [0.1, 0.15) is 26.3 Å². The van der Waals surface area contributed by atoms with Gasteiger partial charge in [-0.15, -0.1) is 0 Å². The molecule has 3 aromatic carbocycles. The molecule has 2 N–H and O–H groups in total. The number of nitrogens with one attached hydrogen (secondary N) is 2. The fourth-order valence-electron chi connectivity index (χ4n) is 3.64. The zero-order valence-electron chi connectivity index (χ0n) is 19.3. The lowest BCUT2D eigenvalue weighted by molar-refractivity contribution is -0.137. The van der Waals surface area contributed by atoms with Crippen LogP contribution < -0.4 is 10.6 Å². The Kier molecular flexibility index (Phi) is 7.46. The predicted octanol–water partition coefficient (Wildman–Crippen LogP) is 4.20. The van der Waals surface area contributed by atoms with Crippen molar-refractivity contribution in [1.82, 2.24) is 4.90 Å². The van der Waals surface area contributed by atoms with Gasteiger partial charge >= 0.3 is 5.97 Å². The molecule has 0 spiro atoms. The minimum Gasteiger partial charge on any atom is -0.465 e. The van der Waals surface area contributed by atoms with Crippen molar-refractivity contribution >= 4 is 46.7 Å². The van der Waals surface area contributed by atoms with Gasteiger partial charge in [-0.2, -0.15) is 0 Å². The lowest BCUT2D eigenvalue weighted by atomic mass is 10.1. The zero-order chi connectivity index (χ0) is 25.7. The Hall–Kier alpha value is -4.43. The number of amides is 3. The number of hydrogen-bond acceptors (Lipinski definition) is 6. The molecule has 0 saturated heterocycles. The van der Waals surface area contributed by atoms with Crippen LogP contribution >= 0.6 is 11.6 Å². The van der Waals surface area contributed by atoms with E-state index in [4.69, 9.17) is 11.6 Å². The summed E-state index contributed by atoms with van der Waals surface area (Å²) >= 11 is 6.20. The van der Waals surface area contributed by atoms with Crippen molar-refractivity contribution in [1.29, 1.82) is 0 Å². The van der Waals surface area contributed by atoms with Crippen LogP contribution in [0.2, 0.25) is 0 Å². The molecule has 36 heavy (non-hydrogen) atoms. The lowest BCUT2D eigenvalue weighted by Crippen LogP contribution is -2.34. The highest BCUT2D eigenvalue weighted by molar-refractivity contribution is 6.48. The molecule has 0 unspecified atom stereocenters. The minimum absolute atomic E-state index is 0.0364. The van der Waals surface area contributed by atoms with E-state index in [1.54, 1.807) is 48.5 Å². The molecule has 4 rings (SSSR count). The maximum Gasteiger partial charge on any atom is 0.337 e. The molecule has 0 radical (unpaired) electrons. The van der Waals surface area contributed by atoms with E-state index < -0.39 is 23.7 Å². The third-order valence-corrected chi connectivity index (χ3v) is 5.89. The second kappa shape index (κ2) is 10.9. The van der Waals surface area contributed by atoms with Crippen LogP contribution in [0.4, 0.5) is 11.4 Å². The average Bonchev–Trinajstić information content (AvgIpc) is 3.10. The molecule has 3 aromatic rings. The molecular weight excluding hydrogens is 482 g/mol. The number of halogens is 1. The maximum absolute atomic E-state index is 12.9. The summed E-state index contributed by atoms with van der Waals surface area (Å²) in [6, 6.07) is 22.2. The number of ether oxygens (including phenoxy) is 1. The van der Waals surface area contributed by atoms with Gasteiger partial charge in [-0.3, -0.25) is 19.3 Å². The standard InChI is InChI=1S/C27H22ClN3O5/c1-36-27(35)18-10-12-20(13-11-18)30-24(32)19-8-5-9-21(16-19)29-23-22(28)25(33)31(26(23)34)15-14-17-6-3-2-4-7-17/h2-13,16,29H,14-15H2,1H3,(H,30,32). The molecule has 182 valence electrons. The number of nitrogens with zero attached hydrogens (tertiary/aromatic N) is 1. The molecule has 1 heterocycles. The van der Waals surface area contributed by atoms with Crippen molar-refractivity contribution < 1.29 is 23.9 Å². The maximum atomic E-state index is 12.9. The Morgan fingerprint density at radius 3 is 2.28 bits per heavy atom. The third-order valence-electron chi connectivity index (χ3n) is 5.54. The number of imide groups is 1. The minimum atomic E-state index is -0.565. The molecule has 1 aliphatic rings. The van der Waals surface area contributed by atoms with Crippen molar-refractivity contribution in [3.05, 3.63) is 106 Å². The molecule has 3 amide bonds. The van der Waals surface area contributed by atoms with Gasteiger partial charge in [0.25, 0.3) is 17.7 Å². The smallest absolute Gasteiger partial charge is 0.337 e. The molecule has 8 nitrogen and oxygen atoms in total. The highest BCUT2D eigenvalue weighted by atomic mass is 35.5. The summed E-state index contributed by atoms with van der Waals surface area (Å²) < 4.78 is 4.66. The molecule has 0 fully saturated rings. The summed E-state index contributed by atoms with van der Waals surface area (Å²) in [5.74, 6) is -1.97. The molecule has 1 aliphatic heterocycles. The van der Waals surface area contributed by atoms with Gasteiger partial charge in [-0.1, -0.05) is 48.0 Å². The fraction of sp³-hybridized carbons (Fsp3) is 0.111. The first-order valence-electron chi connectivity index (χ1n) is 11.0. The lowest BCUT2D eigenvalue weighted by Gasteiger charge is -2.15. The van der Waals surface area contributed by atoms with Crippen molar-refractivity contribution in [2.24, 2.45) is 0 Å². The Labute approximate surface area is 212 Å². The second-order valence-electron chi connectivity index (χ2n) is 7.92. The summed E-state index contributed by atoms with van der Waals surface area (Å²) in [4.78, 5) is 50.9. The Bertz CT molecular complexity index is 1350. The summed E-state index contributed by atoms with van der Waals surface area (Å²) in [6.45, 7) is 0.195. The van der Waals surface area contributed by atoms with Crippen LogP contribution in [0.5, 0.6) is 0 Å². The van der Waals surface area contributed by atoms with Crippen LogP contribution in [-0.2, 0) is 20.7 Å². The van der Waals surface area contributed by atoms with E-state index >= 15 is 0 Å². The van der Waals surface area contributed by atoms with E-state index in [-0.39, 0.29) is 17.3 Å². The molecule has 0 atom stereocenters. The topological polar surface area (TPSA) is 105 Å². The first kappa shape index (κ1) is 24.7. The molecular formula is C27H22ClN3O5. The van der Waals surface area contributed by atoms with E-state index in [2.05, 4.69) is 15.4 Å². The predicted molar refractivity (Wildman–Crippen MR) is 136 cm³/mol. The monoisotopic (exact) mass is 503 g/mol. The van der Waals surface area contributed by atoms with Gasteiger partial charge in [0.15, 0.2) is 0 Å². The van der Waals surface area contributed by atoms with Gasteiger partial charge in [0.05, 0.1) is 12.7 Å². The van der Waals surface area contributed by atoms with Crippen LogP contribution in [-0.4, -0.2) is 42.2 Å². The van der Waals surface area contributed by atoms with E-state index in [1.807, 2.05) is 30.3 Å². The van der Waals surface area contributed by atoms with Crippen molar-refractivity contribution in [2.75, 3.05) is 24.3 Å². The quantitative estimate of drug-likeness (QED) is 0.352. The number of hydrogen-bond donors (Lipinski definition) is 2. The van der Waals surface area contributed by atoms with Crippen molar-refractivity contribution in [3.63, 3.8) is 0 Å². The first-order chi connectivity index (χ1) is 17.4. The number of esters is 1. The van der Waals surface area contributed by atoms with Crippen LogP contribution in [0.25, 0.3) is 0 Å². The van der Waals surface area contributed by atoms with Crippen molar-refractivity contribution in [2.45, 2.75) is 6.42 Å². The van der Waals surface area contributed by atoms with Crippen LogP contribution in [0.15, 0.2) is 89.6 Å². The Morgan fingerprint density at radius 1 is 0.861 bits per heavy atom. The molecule has 0 aromatic heterocycles. The van der Waals surface area contributed by atoms with Gasteiger partial charge in [0.2, 0.25) is 0 Å². The third kappa shape index (κ3) is 5.45. The summed E-state index contributed by atoms with van der Waals surface area (Å²) in [6.07, 6.45) is 0.506. The second-order valence-corrected chi connectivity index (χ2v) is 8.29. The average molecular weight is 504 g/mol. The van der Waals surface area contributed by atoms with Crippen LogP contribution in [0, 0.1) is 0 Å². The Morgan fingerprint density at radius 2 is 1.58 bits per heavy atom. The largest absolute Gasteiger partial charge is 0.465 e. The summed E-state index contributed by atoms with van der Waals surface area (Å²) in [7, 11) is 1.29. The fourth-order valence-corrected chi connectivity index (χ4v) is 3.87. The first-order valence-corrected chi connectivity index (χ1v) is 11.4. The molecule has 0 bridgehead atoms. The van der Waals surface area contributed by atoms with E-state index in [0.29, 0.717) is 28.9 Å². The van der Waals surface area contributed by atoms with E-state index in [0.717, 1.165) is 10.5 Å². The van der Waals surface area contributed by atoms with Gasteiger partial charge in [0.1, 0.15) is 10.7 Å². The highest BCUT2D eigenvalue weighted by Gasteiger charge is 2.37. The number of methoxy groups -OCH3 is 1. The number of anilines is 2.